The van der Waals surface area contributed by atoms with E-state index >= 15 is 0 Å². The zero-order chi connectivity index (χ0) is 7.56. The number of nitrogens with zero attached hydrogens (tertiary/aromatic N) is 2. The number of rotatable bonds is 1. The highest BCUT2D eigenvalue weighted by Crippen LogP contribution is 2.12. The first-order valence-electron chi connectivity index (χ1n) is 2.62. The topological polar surface area (TPSA) is 24.8 Å². The first-order valence-corrected chi connectivity index (χ1v) is 3.34. The summed E-state index contributed by atoms with van der Waals surface area (Å²) in [6.45, 7) is 0. The summed E-state index contributed by atoms with van der Waals surface area (Å²) in [6.07, 6.45) is 2.67. The van der Waals surface area contributed by atoms with Crippen LogP contribution in [0.1, 0.15) is 0 Å². The van der Waals surface area contributed by atoms with Crippen LogP contribution in [0, 0.1) is 0 Å². The summed E-state index contributed by atoms with van der Waals surface area (Å²) in [5.74, 6) is 0. The van der Waals surface area contributed by atoms with Crippen LogP contribution in [0.25, 0.3) is 0 Å². The Bertz CT molecular complexity index is 180. The minimum Gasteiger partial charge on any atom is -0.342 e. The maximum absolute atomic E-state index is 5.60. The average molecular weight is 181 g/mol. The fourth-order valence-corrected chi connectivity index (χ4v) is 0.883. The SMILES string of the molecule is COC1N=C(Cl)C=CN1Cl. The van der Waals surface area contributed by atoms with Gasteiger partial charge in [-0.15, -0.1) is 0 Å². The third kappa shape index (κ3) is 1.62. The smallest absolute Gasteiger partial charge is 0.242 e. The van der Waals surface area contributed by atoms with E-state index in [0.717, 1.165) is 0 Å². The van der Waals surface area contributed by atoms with Crippen molar-refractivity contribution in [1.82, 2.24) is 4.42 Å². The predicted octanol–water partition coefficient (Wildman–Crippen LogP) is 1.54. The molecule has 5 heteroatoms. The van der Waals surface area contributed by atoms with E-state index in [1.54, 1.807) is 12.3 Å². The van der Waals surface area contributed by atoms with E-state index in [1.165, 1.54) is 11.5 Å². The number of aliphatic imine (C=N–C) groups is 1. The zero-order valence-electron chi connectivity index (χ0n) is 5.29. The first-order chi connectivity index (χ1) is 4.74. The molecule has 1 atom stereocenters. The van der Waals surface area contributed by atoms with Crippen molar-refractivity contribution in [3.63, 3.8) is 0 Å². The second-order valence-corrected chi connectivity index (χ2v) is 2.45. The maximum atomic E-state index is 5.60. The van der Waals surface area contributed by atoms with Crippen molar-refractivity contribution in [2.24, 2.45) is 4.99 Å². The van der Waals surface area contributed by atoms with Gasteiger partial charge in [0.1, 0.15) is 5.17 Å². The van der Waals surface area contributed by atoms with E-state index in [-0.39, 0.29) is 0 Å². The number of halogens is 2. The molecule has 1 heterocycles. The molecule has 0 aliphatic carbocycles. The summed E-state index contributed by atoms with van der Waals surface area (Å²) < 4.78 is 6.14. The molecular weight excluding hydrogens is 175 g/mol. The molecule has 0 saturated heterocycles. The first kappa shape index (κ1) is 7.85. The number of hydrogen-bond donors (Lipinski definition) is 0. The van der Waals surface area contributed by atoms with Crippen molar-refractivity contribution in [3.8, 4) is 0 Å². The van der Waals surface area contributed by atoms with Gasteiger partial charge in [0.25, 0.3) is 0 Å². The fraction of sp³-hybridized carbons (Fsp3) is 0.400. The normalized spacial score (nSPS) is 24.9. The highest BCUT2D eigenvalue weighted by molar-refractivity contribution is 6.68. The van der Waals surface area contributed by atoms with Crippen LogP contribution >= 0.6 is 23.4 Å². The van der Waals surface area contributed by atoms with Gasteiger partial charge < -0.3 is 4.74 Å². The van der Waals surface area contributed by atoms with Gasteiger partial charge in [0.15, 0.2) is 0 Å². The number of ether oxygens (including phenoxy) is 1. The Kier molecular flexibility index (Phi) is 2.54. The van der Waals surface area contributed by atoms with Crippen LogP contribution in [0.15, 0.2) is 17.3 Å². The molecule has 1 unspecified atom stereocenters. The number of hydrogen-bond acceptors (Lipinski definition) is 3. The molecule has 1 rings (SSSR count). The lowest BCUT2D eigenvalue weighted by atomic mass is 10.6. The molecule has 56 valence electrons. The summed E-state index contributed by atoms with van der Waals surface area (Å²) in [6, 6.07) is 0. The molecule has 0 aromatic rings. The maximum Gasteiger partial charge on any atom is 0.242 e. The monoisotopic (exact) mass is 180 g/mol. The van der Waals surface area contributed by atoms with Gasteiger partial charge in [-0.3, -0.25) is 0 Å². The molecule has 0 bridgehead atoms. The van der Waals surface area contributed by atoms with Crippen molar-refractivity contribution >= 4 is 28.5 Å². The van der Waals surface area contributed by atoms with Crippen molar-refractivity contribution in [2.45, 2.75) is 6.35 Å². The van der Waals surface area contributed by atoms with Crippen LogP contribution in [-0.4, -0.2) is 23.1 Å². The van der Waals surface area contributed by atoms with Gasteiger partial charge >= 0.3 is 0 Å². The van der Waals surface area contributed by atoms with Gasteiger partial charge in [0.2, 0.25) is 6.35 Å². The van der Waals surface area contributed by atoms with Gasteiger partial charge in [-0.05, 0) is 6.08 Å². The molecule has 0 N–H and O–H groups in total. The Labute approximate surface area is 69.0 Å². The second kappa shape index (κ2) is 3.23. The molecule has 0 fully saturated rings. The Hall–Kier alpha value is -0.250. The summed E-state index contributed by atoms with van der Waals surface area (Å²) >= 11 is 11.2. The minimum atomic E-state index is -0.501. The largest absolute Gasteiger partial charge is 0.342 e. The van der Waals surface area contributed by atoms with E-state index < -0.39 is 6.35 Å². The third-order valence-electron chi connectivity index (χ3n) is 1.01. The molecule has 0 aromatic heterocycles. The van der Waals surface area contributed by atoms with Gasteiger partial charge in [-0.2, -0.15) is 0 Å². The summed E-state index contributed by atoms with van der Waals surface area (Å²) in [5, 5.41) is 0.392. The molecule has 0 saturated carbocycles. The Balaban J connectivity index is 2.67. The Morgan fingerprint density at radius 3 is 3.00 bits per heavy atom. The van der Waals surface area contributed by atoms with Crippen molar-refractivity contribution < 1.29 is 4.74 Å². The van der Waals surface area contributed by atoms with Gasteiger partial charge in [0.05, 0.1) is 0 Å². The highest BCUT2D eigenvalue weighted by atomic mass is 35.5. The summed E-state index contributed by atoms with van der Waals surface area (Å²) in [7, 11) is 1.51. The lowest BCUT2D eigenvalue weighted by Crippen LogP contribution is -2.25. The number of allylic oxidation sites excluding steroid dienone is 1. The molecule has 3 nitrogen and oxygen atoms in total. The fourth-order valence-electron chi connectivity index (χ4n) is 0.563. The predicted molar refractivity (Wildman–Crippen MR) is 40.9 cm³/mol. The van der Waals surface area contributed by atoms with Crippen LogP contribution in [0.2, 0.25) is 0 Å². The molecule has 1 aliphatic rings. The lowest BCUT2D eigenvalue weighted by Gasteiger charge is -2.20. The van der Waals surface area contributed by atoms with Crippen molar-refractivity contribution in [3.05, 3.63) is 12.3 Å². The van der Waals surface area contributed by atoms with Gasteiger partial charge in [-0.25, -0.2) is 9.41 Å². The Morgan fingerprint density at radius 2 is 2.50 bits per heavy atom. The molecular formula is C5H6Cl2N2O. The number of methoxy groups -OCH3 is 1. The summed E-state index contributed by atoms with van der Waals surface area (Å²) in [5.41, 5.74) is 0. The molecule has 1 aliphatic heterocycles. The standard InChI is InChI=1S/C5H6Cl2N2O/c1-10-5-8-4(6)2-3-9(5)7/h2-3,5H,1H3. The van der Waals surface area contributed by atoms with E-state index in [4.69, 9.17) is 28.1 Å². The Morgan fingerprint density at radius 1 is 1.80 bits per heavy atom. The molecule has 0 aromatic carbocycles. The molecule has 10 heavy (non-hydrogen) atoms. The third-order valence-corrected chi connectivity index (χ3v) is 1.51. The van der Waals surface area contributed by atoms with E-state index in [1.807, 2.05) is 0 Å². The van der Waals surface area contributed by atoms with E-state index in [2.05, 4.69) is 4.99 Å². The second-order valence-electron chi connectivity index (χ2n) is 1.67. The van der Waals surface area contributed by atoms with E-state index in [0.29, 0.717) is 5.17 Å². The molecule has 0 spiro atoms. The molecule has 0 radical (unpaired) electrons. The lowest BCUT2D eigenvalue weighted by molar-refractivity contribution is 0.0438. The van der Waals surface area contributed by atoms with Crippen LogP contribution in [-0.2, 0) is 4.74 Å². The average Bonchev–Trinajstić information content (AvgIpc) is 1.94. The van der Waals surface area contributed by atoms with Crippen molar-refractivity contribution in [1.29, 1.82) is 0 Å². The minimum absolute atomic E-state index is 0.392. The van der Waals surface area contributed by atoms with Crippen LogP contribution in [0.5, 0.6) is 0 Å². The quantitative estimate of drug-likeness (QED) is 0.573. The van der Waals surface area contributed by atoms with Crippen LogP contribution in [0.4, 0.5) is 0 Å². The van der Waals surface area contributed by atoms with Crippen LogP contribution in [0.3, 0.4) is 0 Å². The van der Waals surface area contributed by atoms with Crippen molar-refractivity contribution in [2.75, 3.05) is 7.11 Å². The van der Waals surface area contributed by atoms with Gasteiger partial charge in [-0.1, -0.05) is 11.6 Å². The molecule has 0 amide bonds. The van der Waals surface area contributed by atoms with E-state index in [9.17, 15) is 0 Å². The zero-order valence-corrected chi connectivity index (χ0v) is 6.80. The van der Waals surface area contributed by atoms with Crippen LogP contribution < -0.4 is 0 Å². The highest BCUT2D eigenvalue weighted by Gasteiger charge is 2.14. The summed E-state index contributed by atoms with van der Waals surface area (Å²) in [4.78, 5) is 3.85. The van der Waals surface area contributed by atoms with Gasteiger partial charge in [0, 0.05) is 25.1 Å².